The van der Waals surface area contributed by atoms with E-state index < -0.39 is 23.0 Å². The number of carbonyl (C=O) groups is 2. The van der Waals surface area contributed by atoms with Crippen molar-refractivity contribution in [3.8, 4) is 0 Å². The van der Waals surface area contributed by atoms with Gasteiger partial charge >= 0.3 is 12.0 Å². The minimum absolute atomic E-state index is 0.374. The van der Waals surface area contributed by atoms with Crippen molar-refractivity contribution in [2.75, 3.05) is 6.54 Å². The highest BCUT2D eigenvalue weighted by atomic mass is 16.4. The maximum Gasteiger partial charge on any atom is 0.315 e. The molecule has 1 heterocycles. The summed E-state index contributed by atoms with van der Waals surface area (Å²) < 4.78 is 1.59. The Morgan fingerprint density at radius 1 is 1.30 bits per heavy atom. The number of rotatable bonds is 6. The summed E-state index contributed by atoms with van der Waals surface area (Å²) in [6, 6.07) is -0.413. The van der Waals surface area contributed by atoms with E-state index in [9.17, 15) is 14.7 Å². The van der Waals surface area contributed by atoms with Gasteiger partial charge in [-0.3, -0.25) is 9.48 Å². The Labute approximate surface area is 117 Å². The molecule has 0 unspecified atom stereocenters. The molecule has 0 fully saturated rings. The normalized spacial score (nSPS) is 12.0. The predicted molar refractivity (Wildman–Crippen MR) is 72.1 cm³/mol. The molecule has 0 bridgehead atoms. The molecule has 1 aromatic rings. The zero-order valence-corrected chi connectivity index (χ0v) is 12.2. The third-order valence-electron chi connectivity index (χ3n) is 3.62. The Bertz CT molecular complexity index is 467. The van der Waals surface area contributed by atoms with Crippen LogP contribution in [-0.4, -0.2) is 44.2 Å². The number of nitrogens with zero attached hydrogens (tertiary/aromatic N) is 3. The molecule has 20 heavy (non-hydrogen) atoms. The van der Waals surface area contributed by atoms with Crippen LogP contribution in [0.15, 0.2) is 12.4 Å². The van der Waals surface area contributed by atoms with Gasteiger partial charge in [-0.1, -0.05) is 5.21 Å². The van der Waals surface area contributed by atoms with E-state index >= 15 is 0 Å². The Kier molecular flexibility index (Phi) is 4.69. The SMILES string of the molecule is CC(C)(NC(=O)NCCn1ccnn1)C(C)(C)C(=O)O. The highest BCUT2D eigenvalue weighted by molar-refractivity contribution is 5.79. The zero-order chi connectivity index (χ0) is 15.4. The molecule has 1 rings (SSSR count). The molecule has 0 aliphatic carbocycles. The van der Waals surface area contributed by atoms with E-state index in [1.54, 1.807) is 44.8 Å². The number of aliphatic carboxylic acids is 1. The van der Waals surface area contributed by atoms with Crippen molar-refractivity contribution in [1.29, 1.82) is 0 Å². The molecule has 8 heteroatoms. The van der Waals surface area contributed by atoms with E-state index in [0.717, 1.165) is 0 Å². The maximum atomic E-state index is 11.8. The molecule has 0 atom stereocenters. The number of urea groups is 1. The van der Waals surface area contributed by atoms with Crippen LogP contribution in [0.5, 0.6) is 0 Å². The molecule has 2 amide bonds. The molecule has 0 aliphatic heterocycles. The van der Waals surface area contributed by atoms with Crippen molar-refractivity contribution in [1.82, 2.24) is 25.6 Å². The van der Waals surface area contributed by atoms with E-state index in [1.165, 1.54) is 0 Å². The van der Waals surface area contributed by atoms with E-state index in [1.807, 2.05) is 0 Å². The predicted octanol–water partition coefficient (Wildman–Crippen LogP) is 0.467. The minimum Gasteiger partial charge on any atom is -0.481 e. The number of hydrogen-bond acceptors (Lipinski definition) is 4. The fourth-order valence-corrected chi connectivity index (χ4v) is 1.39. The molecule has 0 saturated heterocycles. The molecule has 0 spiro atoms. The van der Waals surface area contributed by atoms with Crippen LogP contribution in [0.25, 0.3) is 0 Å². The lowest BCUT2D eigenvalue weighted by Crippen LogP contribution is -2.59. The van der Waals surface area contributed by atoms with Crippen molar-refractivity contribution in [3.63, 3.8) is 0 Å². The molecule has 0 saturated carbocycles. The first-order chi connectivity index (χ1) is 9.17. The largest absolute Gasteiger partial charge is 0.481 e. The Morgan fingerprint density at radius 2 is 1.95 bits per heavy atom. The number of carboxylic acid groups (broad SMARTS) is 1. The summed E-state index contributed by atoms with van der Waals surface area (Å²) in [7, 11) is 0. The summed E-state index contributed by atoms with van der Waals surface area (Å²) in [6.45, 7) is 7.38. The summed E-state index contributed by atoms with van der Waals surface area (Å²) in [5.41, 5.74) is -1.98. The number of aromatic nitrogens is 3. The first-order valence-corrected chi connectivity index (χ1v) is 6.30. The van der Waals surface area contributed by atoms with E-state index in [2.05, 4.69) is 20.9 Å². The van der Waals surface area contributed by atoms with Gasteiger partial charge in [0.1, 0.15) is 0 Å². The van der Waals surface area contributed by atoms with Crippen molar-refractivity contribution in [2.45, 2.75) is 39.8 Å². The molecule has 112 valence electrons. The standard InChI is InChI=1S/C12H21N5O3/c1-11(2,9(18)19)12(3,4)15-10(20)13-5-7-17-8-6-14-16-17/h6,8H,5,7H2,1-4H3,(H,18,19)(H2,13,15,20). The number of carboxylic acids is 1. The smallest absolute Gasteiger partial charge is 0.315 e. The van der Waals surface area contributed by atoms with Crippen LogP contribution in [-0.2, 0) is 11.3 Å². The average Bonchev–Trinajstić information content (AvgIpc) is 2.80. The topological polar surface area (TPSA) is 109 Å². The van der Waals surface area contributed by atoms with Gasteiger partial charge in [-0.15, -0.1) is 5.10 Å². The lowest BCUT2D eigenvalue weighted by atomic mass is 9.74. The summed E-state index contributed by atoms with van der Waals surface area (Å²) in [5.74, 6) is -0.967. The van der Waals surface area contributed by atoms with Gasteiger partial charge in [-0.2, -0.15) is 0 Å². The maximum absolute atomic E-state index is 11.8. The van der Waals surface area contributed by atoms with E-state index in [0.29, 0.717) is 13.1 Å². The fraction of sp³-hybridized carbons (Fsp3) is 0.667. The molecule has 0 aliphatic rings. The van der Waals surface area contributed by atoms with Crippen LogP contribution in [0.1, 0.15) is 27.7 Å². The molecule has 0 radical (unpaired) electrons. The van der Waals surface area contributed by atoms with Gasteiger partial charge in [0.15, 0.2) is 0 Å². The average molecular weight is 283 g/mol. The molecule has 8 nitrogen and oxygen atoms in total. The van der Waals surface area contributed by atoms with Crippen LogP contribution < -0.4 is 10.6 Å². The van der Waals surface area contributed by atoms with Crippen molar-refractivity contribution >= 4 is 12.0 Å². The Hall–Kier alpha value is -2.12. The first-order valence-electron chi connectivity index (χ1n) is 6.30. The second-order valence-corrected chi connectivity index (χ2v) is 5.60. The molecular formula is C12H21N5O3. The lowest BCUT2D eigenvalue weighted by molar-refractivity contribution is -0.150. The summed E-state index contributed by atoms with van der Waals surface area (Å²) in [5, 5.41) is 22.0. The Balaban J connectivity index is 2.47. The highest BCUT2D eigenvalue weighted by Gasteiger charge is 2.44. The Morgan fingerprint density at radius 3 is 2.45 bits per heavy atom. The van der Waals surface area contributed by atoms with Gasteiger partial charge in [-0.05, 0) is 27.7 Å². The number of hydrogen-bond donors (Lipinski definition) is 3. The van der Waals surface area contributed by atoms with Crippen LogP contribution in [0.3, 0.4) is 0 Å². The highest BCUT2D eigenvalue weighted by Crippen LogP contribution is 2.30. The minimum atomic E-state index is -1.09. The molecule has 0 aromatic carbocycles. The quantitative estimate of drug-likeness (QED) is 0.703. The molecular weight excluding hydrogens is 262 g/mol. The van der Waals surface area contributed by atoms with Gasteiger partial charge in [0, 0.05) is 12.7 Å². The zero-order valence-electron chi connectivity index (χ0n) is 12.2. The van der Waals surface area contributed by atoms with Gasteiger partial charge in [-0.25, -0.2) is 4.79 Å². The summed E-state index contributed by atoms with van der Waals surface area (Å²) >= 11 is 0. The first kappa shape index (κ1) is 15.9. The molecule has 3 N–H and O–H groups in total. The van der Waals surface area contributed by atoms with Crippen molar-refractivity contribution in [2.24, 2.45) is 5.41 Å². The summed E-state index contributed by atoms with van der Waals surface area (Å²) in [4.78, 5) is 23.0. The second-order valence-electron chi connectivity index (χ2n) is 5.60. The van der Waals surface area contributed by atoms with Crippen LogP contribution >= 0.6 is 0 Å². The van der Waals surface area contributed by atoms with Gasteiger partial charge in [0.2, 0.25) is 0 Å². The van der Waals surface area contributed by atoms with E-state index in [-0.39, 0.29) is 0 Å². The third kappa shape index (κ3) is 3.69. The number of amides is 2. The molecule has 1 aromatic heterocycles. The summed E-state index contributed by atoms with van der Waals surface area (Å²) in [6.07, 6.45) is 3.25. The number of nitrogens with one attached hydrogen (secondary N) is 2. The van der Waals surface area contributed by atoms with Crippen LogP contribution in [0.4, 0.5) is 4.79 Å². The van der Waals surface area contributed by atoms with E-state index in [4.69, 9.17) is 0 Å². The van der Waals surface area contributed by atoms with Gasteiger partial charge < -0.3 is 15.7 Å². The van der Waals surface area contributed by atoms with Crippen LogP contribution in [0, 0.1) is 5.41 Å². The number of carbonyl (C=O) groups excluding carboxylic acids is 1. The lowest BCUT2D eigenvalue weighted by Gasteiger charge is -2.38. The third-order valence-corrected chi connectivity index (χ3v) is 3.62. The van der Waals surface area contributed by atoms with Gasteiger partial charge in [0.25, 0.3) is 0 Å². The second kappa shape index (κ2) is 5.89. The van der Waals surface area contributed by atoms with Crippen LogP contribution in [0.2, 0.25) is 0 Å². The van der Waals surface area contributed by atoms with Crippen molar-refractivity contribution in [3.05, 3.63) is 12.4 Å². The monoisotopic (exact) mass is 283 g/mol. The van der Waals surface area contributed by atoms with Gasteiger partial charge in [0.05, 0.1) is 23.7 Å². The fourth-order valence-electron chi connectivity index (χ4n) is 1.39. The van der Waals surface area contributed by atoms with Crippen molar-refractivity contribution < 1.29 is 14.7 Å².